The molecular formula is C24H28N6OSi. The fourth-order valence-electron chi connectivity index (χ4n) is 3.61. The molecule has 0 aliphatic carbocycles. The van der Waals surface area contributed by atoms with E-state index in [1.54, 1.807) is 6.20 Å². The second-order valence-electron chi connectivity index (χ2n) is 9.22. The lowest BCUT2D eigenvalue weighted by Gasteiger charge is -2.15. The fourth-order valence-corrected chi connectivity index (χ4v) is 4.37. The summed E-state index contributed by atoms with van der Waals surface area (Å²) in [5.74, 6) is 0. The average Bonchev–Trinajstić information content (AvgIpc) is 3.30. The first-order chi connectivity index (χ1) is 15.3. The highest BCUT2D eigenvalue weighted by Crippen LogP contribution is 2.34. The maximum absolute atomic E-state index is 9.43. The predicted octanol–water partition coefficient (Wildman–Crippen LogP) is 5.06. The van der Waals surface area contributed by atoms with Crippen LogP contribution in [0.1, 0.15) is 17.1 Å². The molecule has 0 unspecified atom stereocenters. The Kier molecular flexibility index (Phi) is 5.95. The van der Waals surface area contributed by atoms with Crippen LogP contribution in [0.15, 0.2) is 42.7 Å². The molecule has 0 aromatic carbocycles. The molecule has 8 heteroatoms. The summed E-state index contributed by atoms with van der Waals surface area (Å²) in [7, 11) is -1.15. The van der Waals surface area contributed by atoms with Crippen LogP contribution in [-0.4, -0.2) is 38.8 Å². The van der Waals surface area contributed by atoms with Gasteiger partial charge >= 0.3 is 0 Å². The molecule has 0 saturated heterocycles. The summed E-state index contributed by atoms with van der Waals surface area (Å²) in [4.78, 5) is 9.02. The molecule has 164 valence electrons. The predicted molar refractivity (Wildman–Crippen MR) is 128 cm³/mol. The van der Waals surface area contributed by atoms with Gasteiger partial charge in [0, 0.05) is 43.4 Å². The number of aryl methyl sites for hydroxylation is 1. The Morgan fingerprint density at radius 2 is 1.94 bits per heavy atom. The van der Waals surface area contributed by atoms with Crippen molar-refractivity contribution in [1.82, 2.24) is 24.1 Å². The van der Waals surface area contributed by atoms with Gasteiger partial charge in [0.25, 0.3) is 0 Å². The van der Waals surface area contributed by atoms with Crippen LogP contribution in [0.2, 0.25) is 25.7 Å². The van der Waals surface area contributed by atoms with Crippen LogP contribution in [0.25, 0.3) is 28.2 Å². The lowest BCUT2D eigenvalue weighted by Crippen LogP contribution is -2.22. The Hall–Kier alpha value is -3.28. The van der Waals surface area contributed by atoms with Crippen molar-refractivity contribution in [3.63, 3.8) is 0 Å². The average molecular weight is 445 g/mol. The minimum absolute atomic E-state index is 0.395. The molecule has 0 saturated carbocycles. The number of hydrogen-bond acceptors (Lipinski definition) is 5. The van der Waals surface area contributed by atoms with Gasteiger partial charge in [-0.1, -0.05) is 25.7 Å². The molecule has 0 bridgehead atoms. The Bertz CT molecular complexity index is 1310. The Labute approximate surface area is 189 Å². The zero-order valence-electron chi connectivity index (χ0n) is 19.3. The molecule has 4 aromatic heterocycles. The molecule has 0 atom stereocenters. The molecule has 4 heterocycles. The summed E-state index contributed by atoms with van der Waals surface area (Å²) >= 11 is 0. The van der Waals surface area contributed by atoms with E-state index >= 15 is 0 Å². The maximum atomic E-state index is 9.43. The zero-order valence-corrected chi connectivity index (χ0v) is 20.3. The van der Waals surface area contributed by atoms with Crippen molar-refractivity contribution in [2.45, 2.75) is 46.3 Å². The number of aromatic nitrogens is 5. The highest BCUT2D eigenvalue weighted by molar-refractivity contribution is 6.76. The fraction of sp³-hybridized carbons (Fsp3) is 0.333. The van der Waals surface area contributed by atoms with Crippen LogP contribution in [0.4, 0.5) is 0 Å². The van der Waals surface area contributed by atoms with E-state index < -0.39 is 8.07 Å². The standard InChI is InChI=1S/C24H28N6OSi/c1-17-7-6-8-21(27-17)24-23(18(2)30(28-24)16-31-11-12-32(3,4)5)19-9-10-22-26-14-20(13-25)29(22)15-19/h6-10,14-15H,11-12,16H2,1-5H3. The second kappa shape index (κ2) is 8.69. The molecule has 0 N–H and O–H groups in total. The molecule has 7 nitrogen and oxygen atoms in total. The third kappa shape index (κ3) is 4.49. The first-order valence-corrected chi connectivity index (χ1v) is 14.4. The van der Waals surface area contributed by atoms with Crippen LogP contribution in [0, 0.1) is 25.2 Å². The van der Waals surface area contributed by atoms with Crippen LogP contribution >= 0.6 is 0 Å². The highest BCUT2D eigenvalue weighted by Gasteiger charge is 2.20. The molecular weight excluding hydrogens is 416 g/mol. The van der Waals surface area contributed by atoms with Gasteiger partial charge in [-0.2, -0.15) is 10.4 Å². The Morgan fingerprint density at radius 1 is 1.12 bits per heavy atom. The van der Waals surface area contributed by atoms with Crippen molar-refractivity contribution in [1.29, 1.82) is 5.26 Å². The summed E-state index contributed by atoms with van der Waals surface area (Å²) in [6.45, 7) is 12.2. The number of nitriles is 1. The molecule has 0 spiro atoms. The van der Waals surface area contributed by atoms with Crippen molar-refractivity contribution in [3.8, 4) is 28.6 Å². The van der Waals surface area contributed by atoms with E-state index in [1.165, 1.54) is 0 Å². The highest BCUT2D eigenvalue weighted by atomic mass is 28.3. The van der Waals surface area contributed by atoms with Crippen molar-refractivity contribution in [3.05, 3.63) is 59.8 Å². The smallest absolute Gasteiger partial charge is 0.144 e. The lowest BCUT2D eigenvalue weighted by molar-refractivity contribution is 0.0773. The van der Waals surface area contributed by atoms with Crippen LogP contribution < -0.4 is 0 Å². The first-order valence-electron chi connectivity index (χ1n) is 10.7. The molecule has 0 amide bonds. The van der Waals surface area contributed by atoms with E-state index in [2.05, 4.69) is 30.7 Å². The molecule has 0 aliphatic heterocycles. The van der Waals surface area contributed by atoms with Gasteiger partial charge in [-0.15, -0.1) is 0 Å². The minimum atomic E-state index is -1.15. The minimum Gasteiger partial charge on any atom is -0.360 e. The van der Waals surface area contributed by atoms with Gasteiger partial charge < -0.3 is 4.74 Å². The van der Waals surface area contributed by atoms with Gasteiger partial charge in [0.1, 0.15) is 29.8 Å². The third-order valence-corrected chi connectivity index (χ3v) is 7.16. The van der Waals surface area contributed by atoms with Gasteiger partial charge in [0.2, 0.25) is 0 Å². The quantitative estimate of drug-likeness (QED) is 0.294. The summed E-state index contributed by atoms with van der Waals surface area (Å²) < 4.78 is 9.71. The van der Waals surface area contributed by atoms with Crippen LogP contribution in [0.5, 0.6) is 0 Å². The SMILES string of the molecule is Cc1cccc(-c2nn(COCC[Si](C)(C)C)c(C)c2-c2ccc3ncc(C#N)n3c2)n1. The number of pyridine rings is 2. The van der Waals surface area contributed by atoms with Crippen LogP contribution in [0.3, 0.4) is 0 Å². The van der Waals surface area contributed by atoms with E-state index in [-0.39, 0.29) is 0 Å². The summed E-state index contributed by atoms with van der Waals surface area (Å²) in [5.41, 5.74) is 6.72. The number of hydrogen-bond donors (Lipinski definition) is 0. The zero-order chi connectivity index (χ0) is 22.9. The van der Waals surface area contributed by atoms with Crippen LogP contribution in [-0.2, 0) is 11.5 Å². The molecule has 32 heavy (non-hydrogen) atoms. The summed E-state index contributed by atoms with van der Waals surface area (Å²) in [6, 6.07) is 13.2. The number of nitrogens with zero attached hydrogens (tertiary/aromatic N) is 6. The normalized spacial score (nSPS) is 11.8. The van der Waals surface area contributed by atoms with Gasteiger partial charge in [-0.25, -0.2) is 9.67 Å². The number of ether oxygens (including phenoxy) is 1. The Balaban J connectivity index is 1.78. The molecule has 4 aromatic rings. The lowest BCUT2D eigenvalue weighted by atomic mass is 10.0. The largest absolute Gasteiger partial charge is 0.360 e. The van der Waals surface area contributed by atoms with E-state index in [4.69, 9.17) is 14.8 Å². The number of imidazole rings is 1. The van der Waals surface area contributed by atoms with Gasteiger partial charge in [-0.05, 0) is 44.2 Å². The van der Waals surface area contributed by atoms with Gasteiger partial charge in [0.15, 0.2) is 0 Å². The first kappa shape index (κ1) is 21.9. The van der Waals surface area contributed by atoms with Gasteiger partial charge in [-0.3, -0.25) is 9.38 Å². The van der Waals surface area contributed by atoms with E-state index in [1.807, 2.05) is 59.5 Å². The van der Waals surface area contributed by atoms with E-state index in [9.17, 15) is 5.26 Å². The summed E-state index contributed by atoms with van der Waals surface area (Å²) in [5, 5.41) is 14.3. The third-order valence-electron chi connectivity index (χ3n) is 5.46. The Morgan fingerprint density at radius 3 is 2.66 bits per heavy atom. The maximum Gasteiger partial charge on any atom is 0.144 e. The molecule has 0 radical (unpaired) electrons. The monoisotopic (exact) mass is 444 g/mol. The number of rotatable bonds is 7. The van der Waals surface area contributed by atoms with Crippen molar-refractivity contribution < 1.29 is 4.74 Å². The summed E-state index contributed by atoms with van der Waals surface area (Å²) in [6.07, 6.45) is 3.53. The van der Waals surface area contributed by atoms with Crippen molar-refractivity contribution >= 4 is 13.7 Å². The van der Waals surface area contributed by atoms with Gasteiger partial charge in [0.05, 0.1) is 11.9 Å². The second-order valence-corrected chi connectivity index (χ2v) is 14.8. The number of fused-ring (bicyclic) bond motifs is 1. The van der Waals surface area contributed by atoms with Crippen molar-refractivity contribution in [2.24, 2.45) is 0 Å². The molecule has 0 fully saturated rings. The molecule has 0 aliphatic rings. The topological polar surface area (TPSA) is 81.0 Å². The molecule has 4 rings (SSSR count). The van der Waals surface area contributed by atoms with E-state index in [0.29, 0.717) is 12.4 Å². The van der Waals surface area contributed by atoms with E-state index in [0.717, 1.165) is 52.2 Å². The van der Waals surface area contributed by atoms with Crippen molar-refractivity contribution in [2.75, 3.05) is 6.61 Å².